The Bertz CT molecular complexity index is 929. The molecule has 180 valence electrons. The number of carbonyl (C=O) groups is 1. The van der Waals surface area contributed by atoms with Crippen molar-refractivity contribution in [2.24, 2.45) is 0 Å². The molecular formula is C23H26F5N3O2. The van der Waals surface area contributed by atoms with Gasteiger partial charge in [-0.3, -0.25) is 0 Å². The maximum Gasteiger partial charge on any atom is 0.422 e. The fourth-order valence-corrected chi connectivity index (χ4v) is 3.65. The Morgan fingerprint density at radius 3 is 2.39 bits per heavy atom. The maximum absolute atomic E-state index is 14.2. The predicted molar refractivity (Wildman–Crippen MR) is 113 cm³/mol. The molecule has 1 N–H and O–H groups in total. The van der Waals surface area contributed by atoms with Gasteiger partial charge in [-0.15, -0.1) is 0 Å². The standard InChI is InChI=1S/C23H26F5N3O2/c1-30-10-8-19(9-11-30)31(14-17-4-5-18(24)12-21(17)25)22(32)29-13-16-2-6-20(7-3-16)33-15-23(26,27)28/h2-7,12,19H,8-11,13-15H2,1H3,(H,29,32). The molecule has 33 heavy (non-hydrogen) atoms. The summed E-state index contributed by atoms with van der Waals surface area (Å²) in [5.74, 6) is -1.33. The van der Waals surface area contributed by atoms with Gasteiger partial charge < -0.3 is 19.9 Å². The lowest BCUT2D eigenvalue weighted by Gasteiger charge is -2.37. The number of ether oxygens (including phenoxy) is 1. The average molecular weight is 471 g/mol. The molecule has 1 saturated heterocycles. The third-order valence-corrected chi connectivity index (χ3v) is 5.52. The van der Waals surface area contributed by atoms with Gasteiger partial charge in [0.25, 0.3) is 0 Å². The van der Waals surface area contributed by atoms with Gasteiger partial charge in [-0.2, -0.15) is 13.2 Å². The molecule has 1 fully saturated rings. The fraction of sp³-hybridized carbons (Fsp3) is 0.435. The van der Waals surface area contributed by atoms with Gasteiger partial charge in [-0.05, 0) is 56.7 Å². The number of nitrogens with zero attached hydrogens (tertiary/aromatic N) is 2. The van der Waals surface area contributed by atoms with Crippen LogP contribution in [0.1, 0.15) is 24.0 Å². The molecule has 2 amide bonds. The second-order valence-corrected chi connectivity index (χ2v) is 8.10. The van der Waals surface area contributed by atoms with Gasteiger partial charge in [0.2, 0.25) is 0 Å². The van der Waals surface area contributed by atoms with E-state index >= 15 is 0 Å². The van der Waals surface area contributed by atoms with Crippen LogP contribution >= 0.6 is 0 Å². The van der Waals surface area contributed by atoms with Gasteiger partial charge in [-0.25, -0.2) is 13.6 Å². The van der Waals surface area contributed by atoms with Crippen molar-refractivity contribution in [3.63, 3.8) is 0 Å². The predicted octanol–water partition coefficient (Wildman–Crippen LogP) is 4.71. The first-order valence-corrected chi connectivity index (χ1v) is 10.6. The van der Waals surface area contributed by atoms with Gasteiger partial charge in [0.15, 0.2) is 6.61 Å². The van der Waals surface area contributed by atoms with Crippen LogP contribution < -0.4 is 10.1 Å². The van der Waals surface area contributed by atoms with Crippen LogP contribution in [0.4, 0.5) is 26.7 Å². The zero-order valence-corrected chi connectivity index (χ0v) is 18.2. The molecule has 10 heteroatoms. The van der Waals surface area contributed by atoms with E-state index in [1.54, 1.807) is 17.0 Å². The summed E-state index contributed by atoms with van der Waals surface area (Å²) in [7, 11) is 1.99. The number of amides is 2. The molecule has 1 heterocycles. The number of carbonyl (C=O) groups excluding carboxylic acids is 1. The number of piperidine rings is 1. The molecule has 0 radical (unpaired) electrons. The molecule has 0 spiro atoms. The summed E-state index contributed by atoms with van der Waals surface area (Å²) >= 11 is 0. The topological polar surface area (TPSA) is 44.8 Å². The Morgan fingerprint density at radius 2 is 1.79 bits per heavy atom. The SMILES string of the molecule is CN1CCC(N(Cc2ccc(F)cc2F)C(=O)NCc2ccc(OCC(F)(F)F)cc2)CC1. The van der Waals surface area contributed by atoms with E-state index in [2.05, 4.69) is 15.0 Å². The molecule has 2 aromatic carbocycles. The fourth-order valence-electron chi connectivity index (χ4n) is 3.65. The Morgan fingerprint density at radius 1 is 1.12 bits per heavy atom. The summed E-state index contributed by atoms with van der Waals surface area (Å²) < 4.78 is 69.0. The van der Waals surface area contributed by atoms with Gasteiger partial charge in [0.1, 0.15) is 17.4 Å². The third-order valence-electron chi connectivity index (χ3n) is 5.52. The van der Waals surface area contributed by atoms with Crippen molar-refractivity contribution in [1.29, 1.82) is 0 Å². The van der Waals surface area contributed by atoms with Crippen LogP contribution in [0.5, 0.6) is 5.75 Å². The normalized spacial score (nSPS) is 15.3. The monoisotopic (exact) mass is 471 g/mol. The molecule has 0 aliphatic carbocycles. The van der Waals surface area contributed by atoms with Gasteiger partial charge in [0.05, 0.1) is 6.54 Å². The Kier molecular flexibility index (Phi) is 8.12. The zero-order valence-electron chi connectivity index (χ0n) is 18.2. The van der Waals surface area contributed by atoms with E-state index in [0.29, 0.717) is 5.56 Å². The molecular weight excluding hydrogens is 445 g/mol. The molecule has 5 nitrogen and oxygen atoms in total. The summed E-state index contributed by atoms with van der Waals surface area (Å²) in [6, 6.07) is 8.70. The molecule has 0 saturated carbocycles. The summed E-state index contributed by atoms with van der Waals surface area (Å²) in [6.07, 6.45) is -2.98. The van der Waals surface area contributed by atoms with Crippen molar-refractivity contribution in [3.05, 3.63) is 65.2 Å². The van der Waals surface area contributed by atoms with Crippen molar-refractivity contribution in [2.75, 3.05) is 26.7 Å². The van der Waals surface area contributed by atoms with Gasteiger partial charge in [-0.1, -0.05) is 18.2 Å². The molecule has 0 unspecified atom stereocenters. The first-order chi connectivity index (χ1) is 15.6. The highest BCUT2D eigenvalue weighted by Gasteiger charge is 2.29. The Balaban J connectivity index is 1.64. The number of hydrogen-bond acceptors (Lipinski definition) is 3. The van der Waals surface area contributed by atoms with Crippen molar-refractivity contribution in [3.8, 4) is 5.75 Å². The lowest BCUT2D eigenvalue weighted by atomic mass is 10.0. The zero-order chi connectivity index (χ0) is 24.0. The second-order valence-electron chi connectivity index (χ2n) is 8.10. The van der Waals surface area contributed by atoms with E-state index in [1.807, 2.05) is 7.05 Å². The van der Waals surface area contributed by atoms with E-state index in [0.717, 1.165) is 38.1 Å². The summed E-state index contributed by atoms with van der Waals surface area (Å²) in [6.45, 7) is 0.331. The van der Waals surface area contributed by atoms with Crippen LogP contribution in [0, 0.1) is 11.6 Å². The van der Waals surface area contributed by atoms with Crippen LogP contribution in [0.3, 0.4) is 0 Å². The highest BCUT2D eigenvalue weighted by atomic mass is 19.4. The number of alkyl halides is 3. The first-order valence-electron chi connectivity index (χ1n) is 10.6. The highest BCUT2D eigenvalue weighted by Crippen LogP contribution is 2.21. The lowest BCUT2D eigenvalue weighted by molar-refractivity contribution is -0.153. The lowest BCUT2D eigenvalue weighted by Crippen LogP contribution is -2.49. The number of rotatable bonds is 7. The van der Waals surface area contributed by atoms with Crippen LogP contribution in [0.2, 0.25) is 0 Å². The summed E-state index contributed by atoms with van der Waals surface area (Å²) in [5, 5.41) is 2.79. The number of nitrogens with one attached hydrogen (secondary N) is 1. The number of urea groups is 1. The van der Waals surface area contributed by atoms with Crippen LogP contribution in [0.25, 0.3) is 0 Å². The van der Waals surface area contributed by atoms with Gasteiger partial charge in [0, 0.05) is 24.2 Å². The van der Waals surface area contributed by atoms with E-state index in [-0.39, 0.29) is 30.4 Å². The minimum absolute atomic E-state index is 0.00342. The quantitative estimate of drug-likeness (QED) is 0.595. The molecule has 0 bridgehead atoms. The highest BCUT2D eigenvalue weighted by molar-refractivity contribution is 5.74. The van der Waals surface area contributed by atoms with Crippen molar-refractivity contribution in [1.82, 2.24) is 15.1 Å². The van der Waals surface area contributed by atoms with Crippen LogP contribution in [-0.4, -0.2) is 54.8 Å². The minimum atomic E-state index is -4.42. The number of halogens is 5. The number of hydrogen-bond donors (Lipinski definition) is 1. The van der Waals surface area contributed by atoms with Crippen molar-refractivity contribution >= 4 is 6.03 Å². The maximum atomic E-state index is 14.2. The van der Waals surface area contributed by atoms with Crippen LogP contribution in [-0.2, 0) is 13.1 Å². The molecule has 2 aromatic rings. The molecule has 3 rings (SSSR count). The Hall–Kier alpha value is -2.88. The largest absolute Gasteiger partial charge is 0.484 e. The number of benzene rings is 2. The van der Waals surface area contributed by atoms with Crippen LogP contribution in [0.15, 0.2) is 42.5 Å². The third kappa shape index (κ3) is 7.59. The van der Waals surface area contributed by atoms with E-state index in [1.165, 1.54) is 18.2 Å². The minimum Gasteiger partial charge on any atom is -0.484 e. The summed E-state index contributed by atoms with van der Waals surface area (Å²) in [5.41, 5.74) is 0.885. The van der Waals surface area contributed by atoms with Crippen molar-refractivity contribution in [2.45, 2.75) is 38.1 Å². The molecule has 0 aromatic heterocycles. The Labute approximate surface area is 189 Å². The average Bonchev–Trinajstić information content (AvgIpc) is 2.76. The van der Waals surface area contributed by atoms with Crippen molar-refractivity contribution < 1.29 is 31.5 Å². The molecule has 0 atom stereocenters. The second kappa shape index (κ2) is 10.8. The molecule has 1 aliphatic rings. The number of likely N-dealkylation sites (tertiary alicyclic amines) is 1. The first kappa shape index (κ1) is 24.8. The van der Waals surface area contributed by atoms with E-state index < -0.39 is 30.4 Å². The summed E-state index contributed by atoms with van der Waals surface area (Å²) in [4.78, 5) is 16.7. The van der Waals surface area contributed by atoms with E-state index in [4.69, 9.17) is 0 Å². The van der Waals surface area contributed by atoms with E-state index in [9.17, 15) is 26.7 Å². The van der Waals surface area contributed by atoms with Gasteiger partial charge >= 0.3 is 12.2 Å². The molecule has 1 aliphatic heterocycles. The smallest absolute Gasteiger partial charge is 0.422 e.